The summed E-state index contributed by atoms with van der Waals surface area (Å²) in [6.07, 6.45) is 5.38. The summed E-state index contributed by atoms with van der Waals surface area (Å²) in [5, 5.41) is 6.54. The fraction of sp³-hybridized carbons (Fsp3) is 0.611. The number of carbonyl (C=O) groups is 1. The molecule has 5 heteroatoms. The summed E-state index contributed by atoms with van der Waals surface area (Å²) in [6.45, 7) is 6.13. The van der Waals surface area contributed by atoms with E-state index < -0.39 is 0 Å². The van der Waals surface area contributed by atoms with Crippen LogP contribution in [0.1, 0.15) is 38.2 Å². The second-order valence-electron chi connectivity index (χ2n) is 6.78. The molecule has 1 saturated heterocycles. The van der Waals surface area contributed by atoms with Crippen LogP contribution in [-0.2, 0) is 11.3 Å². The summed E-state index contributed by atoms with van der Waals surface area (Å²) in [5.74, 6) is 0.952. The summed E-state index contributed by atoms with van der Waals surface area (Å²) >= 11 is 0. The van der Waals surface area contributed by atoms with Gasteiger partial charge >= 0.3 is 0 Å². The highest BCUT2D eigenvalue weighted by Crippen LogP contribution is 2.28. The number of hydrogen-bond donors (Lipinski definition) is 2. The Balaban J connectivity index is 0.00000192. The number of amides is 1. The minimum Gasteiger partial charge on any atom is -0.326 e. The highest BCUT2D eigenvalue weighted by molar-refractivity contribution is 5.88. The summed E-state index contributed by atoms with van der Waals surface area (Å²) in [5.41, 5.74) is 2.19. The van der Waals surface area contributed by atoms with Gasteiger partial charge in [0.05, 0.1) is 0 Å². The van der Waals surface area contributed by atoms with E-state index in [0.717, 1.165) is 24.2 Å². The maximum Gasteiger partial charge on any atom is 0.221 e. The van der Waals surface area contributed by atoms with Crippen LogP contribution in [0.5, 0.6) is 0 Å². The summed E-state index contributed by atoms with van der Waals surface area (Å²) in [4.78, 5) is 13.6. The Morgan fingerprint density at radius 3 is 2.35 bits per heavy atom. The number of carbonyl (C=O) groups excluding carboxylic acids is 1. The average Bonchev–Trinajstić information content (AvgIpc) is 3.32. The number of anilines is 1. The van der Waals surface area contributed by atoms with E-state index in [4.69, 9.17) is 0 Å². The molecular weight excluding hydrogens is 310 g/mol. The van der Waals surface area contributed by atoms with Crippen LogP contribution >= 0.6 is 12.4 Å². The Bertz CT molecular complexity index is 493. The van der Waals surface area contributed by atoms with Gasteiger partial charge in [0.15, 0.2) is 0 Å². The number of piperidine rings is 1. The van der Waals surface area contributed by atoms with Gasteiger partial charge in [-0.05, 0) is 68.9 Å². The maximum atomic E-state index is 11.0. The van der Waals surface area contributed by atoms with Crippen molar-refractivity contribution in [2.75, 3.05) is 25.0 Å². The monoisotopic (exact) mass is 337 g/mol. The van der Waals surface area contributed by atoms with Gasteiger partial charge in [-0.25, -0.2) is 0 Å². The highest BCUT2D eigenvalue weighted by Gasteiger charge is 2.24. The lowest BCUT2D eigenvalue weighted by Gasteiger charge is -2.32. The SMILES string of the molecule is CC(=O)Nc1ccc(CN2CCC(NCC3CC3)CC2)cc1.Cl. The number of halogens is 1. The molecule has 23 heavy (non-hydrogen) atoms. The van der Waals surface area contributed by atoms with E-state index in [1.54, 1.807) is 0 Å². The molecule has 1 aromatic carbocycles. The van der Waals surface area contributed by atoms with Crippen molar-refractivity contribution in [2.24, 2.45) is 5.92 Å². The van der Waals surface area contributed by atoms with Crippen LogP contribution in [0.3, 0.4) is 0 Å². The van der Waals surface area contributed by atoms with E-state index in [1.165, 1.54) is 57.8 Å². The number of hydrogen-bond acceptors (Lipinski definition) is 3. The van der Waals surface area contributed by atoms with Crippen LogP contribution in [-0.4, -0.2) is 36.5 Å². The lowest BCUT2D eigenvalue weighted by Crippen LogP contribution is -2.42. The van der Waals surface area contributed by atoms with Crippen molar-refractivity contribution in [1.29, 1.82) is 0 Å². The molecule has 0 radical (unpaired) electrons. The van der Waals surface area contributed by atoms with Gasteiger partial charge in [-0.1, -0.05) is 12.1 Å². The van der Waals surface area contributed by atoms with Gasteiger partial charge in [0.2, 0.25) is 5.91 Å². The topological polar surface area (TPSA) is 44.4 Å². The van der Waals surface area contributed by atoms with Crippen LogP contribution in [0.15, 0.2) is 24.3 Å². The minimum absolute atomic E-state index is 0. The van der Waals surface area contributed by atoms with Crippen molar-refractivity contribution in [3.63, 3.8) is 0 Å². The Kier molecular flexibility index (Phi) is 6.88. The molecule has 2 N–H and O–H groups in total. The third kappa shape index (κ3) is 6.13. The molecule has 1 saturated carbocycles. The molecule has 1 aliphatic carbocycles. The molecule has 1 aromatic rings. The average molecular weight is 338 g/mol. The number of rotatable bonds is 6. The first-order valence-corrected chi connectivity index (χ1v) is 8.51. The van der Waals surface area contributed by atoms with E-state index >= 15 is 0 Å². The molecule has 2 fully saturated rings. The van der Waals surface area contributed by atoms with Gasteiger partial charge < -0.3 is 10.6 Å². The quantitative estimate of drug-likeness (QED) is 0.838. The zero-order valence-corrected chi connectivity index (χ0v) is 14.7. The van der Waals surface area contributed by atoms with E-state index in [1.807, 2.05) is 12.1 Å². The molecule has 0 spiro atoms. The van der Waals surface area contributed by atoms with Crippen molar-refractivity contribution in [3.8, 4) is 0 Å². The summed E-state index contributed by atoms with van der Waals surface area (Å²) < 4.78 is 0. The van der Waals surface area contributed by atoms with Gasteiger partial charge in [0.25, 0.3) is 0 Å². The number of nitrogens with one attached hydrogen (secondary N) is 2. The van der Waals surface area contributed by atoms with E-state index in [-0.39, 0.29) is 18.3 Å². The Hall–Kier alpha value is -1.10. The summed E-state index contributed by atoms with van der Waals surface area (Å²) in [7, 11) is 0. The van der Waals surface area contributed by atoms with Crippen LogP contribution in [0.2, 0.25) is 0 Å². The Morgan fingerprint density at radius 2 is 1.78 bits per heavy atom. The predicted molar refractivity (Wildman–Crippen MR) is 97.0 cm³/mol. The first-order valence-electron chi connectivity index (χ1n) is 8.51. The molecule has 128 valence electrons. The Morgan fingerprint density at radius 1 is 1.13 bits per heavy atom. The van der Waals surface area contributed by atoms with Crippen LogP contribution < -0.4 is 10.6 Å². The third-order valence-corrected chi connectivity index (χ3v) is 4.66. The molecule has 3 rings (SSSR count). The van der Waals surface area contributed by atoms with Gasteiger partial charge in [0.1, 0.15) is 0 Å². The second-order valence-corrected chi connectivity index (χ2v) is 6.78. The molecule has 1 aliphatic heterocycles. The van der Waals surface area contributed by atoms with E-state index in [9.17, 15) is 4.79 Å². The molecular formula is C18H28ClN3O. The zero-order chi connectivity index (χ0) is 15.4. The highest BCUT2D eigenvalue weighted by atomic mass is 35.5. The second kappa shape index (κ2) is 8.67. The van der Waals surface area contributed by atoms with Gasteiger partial charge in [-0.3, -0.25) is 9.69 Å². The fourth-order valence-corrected chi connectivity index (χ4v) is 3.11. The minimum atomic E-state index is -0.0199. The maximum absolute atomic E-state index is 11.0. The standard InChI is InChI=1S/C18H27N3O.ClH/c1-14(22)20-18-6-4-16(5-7-18)13-21-10-8-17(9-11-21)19-12-15-2-3-15;/h4-7,15,17,19H,2-3,8-13H2,1H3,(H,20,22);1H. The molecule has 1 heterocycles. The lowest BCUT2D eigenvalue weighted by molar-refractivity contribution is -0.114. The number of nitrogens with zero attached hydrogens (tertiary/aromatic N) is 1. The van der Waals surface area contributed by atoms with Crippen LogP contribution in [0.4, 0.5) is 5.69 Å². The molecule has 0 aromatic heterocycles. The molecule has 0 unspecified atom stereocenters. The normalized spacial score (nSPS) is 19.2. The van der Waals surface area contributed by atoms with Crippen molar-refractivity contribution in [1.82, 2.24) is 10.2 Å². The van der Waals surface area contributed by atoms with E-state index in [0.29, 0.717) is 0 Å². The smallest absolute Gasteiger partial charge is 0.221 e. The van der Waals surface area contributed by atoms with Gasteiger partial charge in [-0.2, -0.15) is 0 Å². The number of benzene rings is 1. The van der Waals surface area contributed by atoms with Crippen molar-refractivity contribution in [3.05, 3.63) is 29.8 Å². The van der Waals surface area contributed by atoms with Gasteiger partial charge in [0, 0.05) is 25.2 Å². The molecule has 0 bridgehead atoms. The van der Waals surface area contributed by atoms with Crippen LogP contribution in [0, 0.1) is 5.92 Å². The third-order valence-electron chi connectivity index (χ3n) is 4.66. The van der Waals surface area contributed by atoms with Crippen molar-refractivity contribution < 1.29 is 4.79 Å². The summed E-state index contributed by atoms with van der Waals surface area (Å²) in [6, 6.07) is 8.92. The Labute approximate surface area is 145 Å². The zero-order valence-electron chi connectivity index (χ0n) is 13.9. The van der Waals surface area contributed by atoms with Crippen LogP contribution in [0.25, 0.3) is 0 Å². The fourth-order valence-electron chi connectivity index (χ4n) is 3.11. The molecule has 2 aliphatic rings. The lowest BCUT2D eigenvalue weighted by atomic mass is 10.0. The number of likely N-dealkylation sites (tertiary alicyclic amines) is 1. The predicted octanol–water partition coefficient (Wildman–Crippen LogP) is 3.03. The molecule has 1 amide bonds. The molecule has 0 atom stereocenters. The largest absolute Gasteiger partial charge is 0.326 e. The first kappa shape index (κ1) is 18.2. The van der Waals surface area contributed by atoms with Crippen molar-refractivity contribution in [2.45, 2.75) is 45.2 Å². The van der Waals surface area contributed by atoms with Gasteiger partial charge in [-0.15, -0.1) is 12.4 Å². The first-order chi connectivity index (χ1) is 10.7. The molecule has 4 nitrogen and oxygen atoms in total. The van der Waals surface area contributed by atoms with E-state index in [2.05, 4.69) is 27.7 Å². The van der Waals surface area contributed by atoms with Crippen molar-refractivity contribution >= 4 is 24.0 Å².